The molecule has 0 N–H and O–H groups in total. The SMILES string of the molecule is COC(=O)C1CSc2ccc(OC)cc2C1=O. The van der Waals surface area contributed by atoms with Crippen LogP contribution >= 0.6 is 11.8 Å². The van der Waals surface area contributed by atoms with Crippen molar-refractivity contribution < 1.29 is 19.1 Å². The largest absolute Gasteiger partial charge is 0.497 e. The van der Waals surface area contributed by atoms with E-state index in [1.54, 1.807) is 19.2 Å². The Hall–Kier alpha value is -1.49. The summed E-state index contributed by atoms with van der Waals surface area (Å²) < 4.78 is 9.70. The Balaban J connectivity index is 2.36. The fraction of sp³-hybridized carbons (Fsp3) is 0.333. The molecule has 0 amide bonds. The second kappa shape index (κ2) is 4.79. The molecule has 90 valence electrons. The highest BCUT2D eigenvalue weighted by molar-refractivity contribution is 7.99. The van der Waals surface area contributed by atoms with Crippen molar-refractivity contribution in [1.29, 1.82) is 0 Å². The number of carbonyl (C=O) groups excluding carboxylic acids is 2. The Morgan fingerprint density at radius 2 is 2.18 bits per heavy atom. The van der Waals surface area contributed by atoms with Crippen LogP contribution in [0.4, 0.5) is 0 Å². The molecule has 0 fully saturated rings. The lowest BCUT2D eigenvalue weighted by atomic mass is 9.98. The molecule has 5 heteroatoms. The van der Waals surface area contributed by atoms with Crippen LogP contribution in [-0.2, 0) is 9.53 Å². The number of ether oxygens (including phenoxy) is 2. The van der Waals surface area contributed by atoms with Gasteiger partial charge < -0.3 is 9.47 Å². The van der Waals surface area contributed by atoms with Gasteiger partial charge in [-0.3, -0.25) is 9.59 Å². The highest BCUT2D eigenvalue weighted by Gasteiger charge is 2.34. The molecule has 0 spiro atoms. The van der Waals surface area contributed by atoms with Crippen LogP contribution in [0.1, 0.15) is 10.4 Å². The van der Waals surface area contributed by atoms with Crippen molar-refractivity contribution in [3.05, 3.63) is 23.8 Å². The molecule has 0 radical (unpaired) electrons. The van der Waals surface area contributed by atoms with Gasteiger partial charge in [0.2, 0.25) is 0 Å². The van der Waals surface area contributed by atoms with Gasteiger partial charge in [0, 0.05) is 16.2 Å². The number of methoxy groups -OCH3 is 2. The zero-order chi connectivity index (χ0) is 12.4. The van der Waals surface area contributed by atoms with Crippen molar-refractivity contribution in [2.45, 2.75) is 4.90 Å². The molecular weight excluding hydrogens is 240 g/mol. The van der Waals surface area contributed by atoms with Crippen molar-refractivity contribution in [3.63, 3.8) is 0 Å². The molecule has 0 bridgehead atoms. The van der Waals surface area contributed by atoms with Crippen LogP contribution in [0, 0.1) is 5.92 Å². The number of ketones is 1. The first-order chi connectivity index (χ1) is 8.17. The second-order valence-electron chi connectivity index (χ2n) is 3.61. The maximum absolute atomic E-state index is 12.1. The van der Waals surface area contributed by atoms with Crippen LogP contribution in [0.3, 0.4) is 0 Å². The number of thioether (sulfide) groups is 1. The van der Waals surface area contributed by atoms with E-state index in [2.05, 4.69) is 4.74 Å². The van der Waals surface area contributed by atoms with Gasteiger partial charge in [0.05, 0.1) is 14.2 Å². The normalized spacial score (nSPS) is 18.5. The molecule has 1 atom stereocenters. The Bertz CT molecular complexity index is 470. The maximum Gasteiger partial charge on any atom is 0.317 e. The molecule has 1 aliphatic rings. The van der Waals surface area contributed by atoms with Gasteiger partial charge in [0.25, 0.3) is 0 Å². The van der Waals surface area contributed by atoms with Crippen LogP contribution in [0.25, 0.3) is 0 Å². The van der Waals surface area contributed by atoms with Crippen LogP contribution in [0.5, 0.6) is 5.75 Å². The number of hydrogen-bond donors (Lipinski definition) is 0. The molecule has 1 aromatic carbocycles. The standard InChI is InChI=1S/C12H12O4S/c1-15-7-3-4-10-8(5-7)11(13)9(6-17-10)12(14)16-2/h3-5,9H,6H2,1-2H3. The fourth-order valence-corrected chi connectivity index (χ4v) is 2.82. The molecule has 0 aromatic heterocycles. The number of rotatable bonds is 2. The summed E-state index contributed by atoms with van der Waals surface area (Å²) in [4.78, 5) is 24.5. The smallest absolute Gasteiger partial charge is 0.317 e. The van der Waals surface area contributed by atoms with E-state index in [1.165, 1.54) is 18.9 Å². The molecule has 0 saturated carbocycles. The van der Waals surface area contributed by atoms with E-state index in [9.17, 15) is 9.59 Å². The Kier molecular flexibility index (Phi) is 3.38. The lowest BCUT2D eigenvalue weighted by molar-refractivity contribution is -0.142. The van der Waals surface area contributed by atoms with E-state index in [-0.39, 0.29) is 5.78 Å². The van der Waals surface area contributed by atoms with E-state index in [0.29, 0.717) is 17.1 Å². The van der Waals surface area contributed by atoms with Crippen molar-refractivity contribution in [1.82, 2.24) is 0 Å². The van der Waals surface area contributed by atoms with Crippen LogP contribution in [0.15, 0.2) is 23.1 Å². The third kappa shape index (κ3) is 2.15. The predicted molar refractivity (Wildman–Crippen MR) is 63.6 cm³/mol. The number of fused-ring (bicyclic) bond motifs is 1. The molecule has 0 saturated heterocycles. The minimum absolute atomic E-state index is 0.190. The van der Waals surface area contributed by atoms with Gasteiger partial charge in [0.1, 0.15) is 11.7 Å². The van der Waals surface area contributed by atoms with E-state index < -0.39 is 11.9 Å². The quantitative estimate of drug-likeness (QED) is 0.593. The van der Waals surface area contributed by atoms with Gasteiger partial charge in [-0.2, -0.15) is 0 Å². The zero-order valence-electron chi connectivity index (χ0n) is 9.56. The van der Waals surface area contributed by atoms with Gasteiger partial charge in [-0.15, -0.1) is 11.8 Å². The summed E-state index contributed by atoms with van der Waals surface area (Å²) in [6, 6.07) is 5.31. The monoisotopic (exact) mass is 252 g/mol. The number of carbonyl (C=O) groups is 2. The van der Waals surface area contributed by atoms with E-state index >= 15 is 0 Å². The lowest BCUT2D eigenvalue weighted by Crippen LogP contribution is -2.30. The molecule has 2 rings (SSSR count). The van der Waals surface area contributed by atoms with Crippen LogP contribution in [0.2, 0.25) is 0 Å². The fourth-order valence-electron chi connectivity index (χ4n) is 1.71. The first kappa shape index (κ1) is 12.0. The topological polar surface area (TPSA) is 52.6 Å². The summed E-state index contributed by atoms with van der Waals surface area (Å²) in [6.45, 7) is 0. The zero-order valence-corrected chi connectivity index (χ0v) is 10.4. The highest BCUT2D eigenvalue weighted by Crippen LogP contribution is 2.35. The molecular formula is C12H12O4S. The third-order valence-corrected chi connectivity index (χ3v) is 3.83. The lowest BCUT2D eigenvalue weighted by Gasteiger charge is -2.21. The number of esters is 1. The molecule has 1 aromatic rings. The van der Waals surface area contributed by atoms with E-state index in [0.717, 1.165) is 4.90 Å². The number of benzene rings is 1. The van der Waals surface area contributed by atoms with Crippen molar-refractivity contribution >= 4 is 23.5 Å². The molecule has 0 aliphatic carbocycles. The summed E-state index contributed by atoms with van der Waals surface area (Å²) in [5.74, 6) is -0.321. The van der Waals surface area contributed by atoms with Crippen molar-refractivity contribution in [2.24, 2.45) is 5.92 Å². The van der Waals surface area contributed by atoms with Crippen molar-refractivity contribution in [3.8, 4) is 5.75 Å². The molecule has 1 heterocycles. The molecule has 1 aliphatic heterocycles. The highest BCUT2D eigenvalue weighted by atomic mass is 32.2. The summed E-state index contributed by atoms with van der Waals surface area (Å²) in [5, 5.41) is 0. The summed E-state index contributed by atoms with van der Waals surface area (Å²) in [6.07, 6.45) is 0. The number of Topliss-reactive ketones (excluding diaryl/α,β-unsaturated/α-hetero) is 1. The Morgan fingerprint density at radius 1 is 1.41 bits per heavy atom. The van der Waals surface area contributed by atoms with Gasteiger partial charge >= 0.3 is 5.97 Å². The maximum atomic E-state index is 12.1. The second-order valence-corrected chi connectivity index (χ2v) is 4.67. The minimum Gasteiger partial charge on any atom is -0.497 e. The van der Waals surface area contributed by atoms with Crippen molar-refractivity contribution in [2.75, 3.05) is 20.0 Å². The van der Waals surface area contributed by atoms with Gasteiger partial charge in [-0.1, -0.05) is 0 Å². The van der Waals surface area contributed by atoms with Gasteiger partial charge in [-0.05, 0) is 18.2 Å². The minimum atomic E-state index is -0.704. The molecule has 17 heavy (non-hydrogen) atoms. The summed E-state index contributed by atoms with van der Waals surface area (Å²) >= 11 is 1.49. The molecule has 4 nitrogen and oxygen atoms in total. The Morgan fingerprint density at radius 3 is 2.82 bits per heavy atom. The average molecular weight is 252 g/mol. The predicted octanol–water partition coefficient (Wildman–Crippen LogP) is 1.77. The summed E-state index contributed by atoms with van der Waals surface area (Å²) in [5.41, 5.74) is 0.538. The van der Waals surface area contributed by atoms with Gasteiger partial charge in [-0.25, -0.2) is 0 Å². The van der Waals surface area contributed by atoms with Gasteiger partial charge in [0.15, 0.2) is 5.78 Å². The van der Waals surface area contributed by atoms with E-state index in [4.69, 9.17) is 4.74 Å². The third-order valence-electron chi connectivity index (χ3n) is 2.66. The average Bonchev–Trinajstić information content (AvgIpc) is 2.38. The Labute approximate surface area is 103 Å². The first-order valence-corrected chi connectivity index (χ1v) is 6.09. The van der Waals surface area contributed by atoms with E-state index in [1.807, 2.05) is 6.07 Å². The first-order valence-electron chi connectivity index (χ1n) is 5.10. The van der Waals surface area contributed by atoms with Crippen LogP contribution < -0.4 is 4.74 Å². The summed E-state index contributed by atoms with van der Waals surface area (Å²) in [7, 11) is 2.83. The van der Waals surface area contributed by atoms with Crippen LogP contribution in [-0.4, -0.2) is 31.7 Å². The number of hydrogen-bond acceptors (Lipinski definition) is 5. The molecule has 1 unspecified atom stereocenters.